The van der Waals surface area contributed by atoms with E-state index in [4.69, 9.17) is 23.2 Å². The molecule has 0 saturated carbocycles. The van der Waals surface area contributed by atoms with Crippen molar-refractivity contribution in [2.45, 2.75) is 36.4 Å². The van der Waals surface area contributed by atoms with Crippen molar-refractivity contribution in [1.29, 1.82) is 0 Å². The lowest BCUT2D eigenvalue weighted by atomic mass is 9.86. The van der Waals surface area contributed by atoms with Gasteiger partial charge in [-0.25, -0.2) is 8.42 Å². The van der Waals surface area contributed by atoms with Crippen LogP contribution in [0.25, 0.3) is 0 Å². The van der Waals surface area contributed by atoms with Crippen LogP contribution in [0.1, 0.15) is 48.9 Å². The summed E-state index contributed by atoms with van der Waals surface area (Å²) in [4.78, 5) is 12.7. The molecular weight excluding hydrogens is 467 g/mol. The van der Waals surface area contributed by atoms with E-state index in [1.165, 1.54) is 12.1 Å². The van der Waals surface area contributed by atoms with Crippen LogP contribution in [0, 0.1) is 20.8 Å². The molecular formula is C24H22Cl2N2O3S. The Morgan fingerprint density at radius 1 is 0.844 bits per heavy atom. The van der Waals surface area contributed by atoms with Crippen LogP contribution < -0.4 is 10.0 Å². The fourth-order valence-electron chi connectivity index (χ4n) is 3.88. The zero-order chi connectivity index (χ0) is 23.2. The Kier molecular flexibility index (Phi) is 5.96. The van der Waals surface area contributed by atoms with Gasteiger partial charge in [-0.05, 0) is 79.4 Å². The van der Waals surface area contributed by atoms with Gasteiger partial charge in [0, 0.05) is 11.3 Å². The number of rotatable bonds is 5. The number of amides is 1. The van der Waals surface area contributed by atoms with Crippen molar-refractivity contribution in [1.82, 2.24) is 0 Å². The number of hydrogen-bond acceptors (Lipinski definition) is 3. The molecule has 1 aliphatic carbocycles. The van der Waals surface area contributed by atoms with E-state index in [1.807, 2.05) is 32.9 Å². The zero-order valence-corrected chi connectivity index (χ0v) is 20.1. The molecule has 8 heteroatoms. The Labute approximate surface area is 197 Å². The van der Waals surface area contributed by atoms with Crippen molar-refractivity contribution in [3.63, 3.8) is 0 Å². The summed E-state index contributed by atoms with van der Waals surface area (Å²) in [6.45, 7) is 5.70. The summed E-state index contributed by atoms with van der Waals surface area (Å²) in [6, 6.07) is 15.1. The molecule has 0 aromatic heterocycles. The van der Waals surface area contributed by atoms with Crippen molar-refractivity contribution in [3.8, 4) is 0 Å². The SMILES string of the molecule is Cc1cc(C)c(NS(=O)(=O)c2ccc(NC(=O)c3ccc4c(c3)[C@H](Cl)[C@H]4Cl)cc2)c(C)c1. The molecule has 2 N–H and O–H groups in total. The van der Waals surface area contributed by atoms with Gasteiger partial charge >= 0.3 is 0 Å². The van der Waals surface area contributed by atoms with Gasteiger partial charge in [0.25, 0.3) is 15.9 Å². The number of hydrogen-bond donors (Lipinski definition) is 2. The summed E-state index contributed by atoms with van der Waals surface area (Å²) < 4.78 is 28.4. The molecule has 5 nitrogen and oxygen atoms in total. The van der Waals surface area contributed by atoms with Crippen LogP contribution in [0.2, 0.25) is 0 Å². The summed E-state index contributed by atoms with van der Waals surface area (Å²) in [7, 11) is -3.77. The minimum atomic E-state index is -3.77. The molecule has 0 unspecified atom stereocenters. The quantitative estimate of drug-likeness (QED) is 0.417. The van der Waals surface area contributed by atoms with Gasteiger partial charge in [0.15, 0.2) is 0 Å². The lowest BCUT2D eigenvalue weighted by Gasteiger charge is -2.31. The maximum absolute atomic E-state index is 12.9. The first-order valence-corrected chi connectivity index (χ1v) is 12.4. The molecule has 0 bridgehead atoms. The smallest absolute Gasteiger partial charge is 0.261 e. The largest absolute Gasteiger partial charge is 0.322 e. The molecule has 2 atom stereocenters. The second-order valence-corrected chi connectivity index (χ2v) is 10.6. The number of carbonyl (C=O) groups excluding carboxylic acids is 1. The number of sulfonamides is 1. The normalized spacial score (nSPS) is 17.3. The molecule has 0 spiro atoms. The monoisotopic (exact) mass is 488 g/mol. The Bertz CT molecular complexity index is 1300. The van der Waals surface area contributed by atoms with Gasteiger partial charge in [-0.2, -0.15) is 0 Å². The van der Waals surface area contributed by atoms with Crippen LogP contribution in [0.5, 0.6) is 0 Å². The van der Waals surface area contributed by atoms with Gasteiger partial charge in [-0.1, -0.05) is 23.8 Å². The fourth-order valence-corrected chi connectivity index (χ4v) is 5.74. The van der Waals surface area contributed by atoms with E-state index in [2.05, 4.69) is 10.0 Å². The predicted octanol–water partition coefficient (Wildman–Crippen LogP) is 6.24. The number of fused-ring (bicyclic) bond motifs is 1. The summed E-state index contributed by atoms with van der Waals surface area (Å²) >= 11 is 12.3. The van der Waals surface area contributed by atoms with E-state index in [9.17, 15) is 13.2 Å². The van der Waals surface area contributed by atoms with E-state index in [1.54, 1.807) is 30.3 Å². The van der Waals surface area contributed by atoms with E-state index in [-0.39, 0.29) is 21.6 Å². The van der Waals surface area contributed by atoms with Crippen LogP contribution in [0.3, 0.4) is 0 Å². The average Bonchev–Trinajstić information content (AvgIpc) is 2.75. The van der Waals surface area contributed by atoms with Crippen LogP contribution >= 0.6 is 23.2 Å². The second kappa shape index (κ2) is 8.43. The van der Waals surface area contributed by atoms with E-state index < -0.39 is 10.0 Å². The maximum Gasteiger partial charge on any atom is 0.261 e. The third-order valence-corrected chi connectivity index (χ3v) is 8.00. The number of carbonyl (C=O) groups is 1. The number of aryl methyl sites for hydroxylation is 3. The Hall–Kier alpha value is -2.54. The van der Waals surface area contributed by atoms with Crippen LogP contribution in [-0.4, -0.2) is 14.3 Å². The first-order chi connectivity index (χ1) is 15.1. The highest BCUT2D eigenvalue weighted by molar-refractivity contribution is 7.92. The van der Waals surface area contributed by atoms with Crippen molar-refractivity contribution in [2.24, 2.45) is 0 Å². The average molecular weight is 489 g/mol. The maximum atomic E-state index is 12.9. The molecule has 4 rings (SSSR count). The fraction of sp³-hybridized carbons (Fsp3) is 0.208. The number of alkyl halides is 2. The number of nitrogens with one attached hydrogen (secondary N) is 2. The van der Waals surface area contributed by atoms with Gasteiger partial charge in [0.1, 0.15) is 0 Å². The molecule has 0 aliphatic heterocycles. The second-order valence-electron chi connectivity index (χ2n) is 8.00. The summed E-state index contributed by atoms with van der Waals surface area (Å²) in [5, 5.41) is 2.23. The third kappa shape index (κ3) is 4.22. The molecule has 0 heterocycles. The Morgan fingerprint density at radius 3 is 2.06 bits per heavy atom. The van der Waals surface area contributed by atoms with Gasteiger partial charge in [0.2, 0.25) is 0 Å². The molecule has 166 valence electrons. The molecule has 3 aromatic carbocycles. The minimum absolute atomic E-state index is 0.106. The predicted molar refractivity (Wildman–Crippen MR) is 129 cm³/mol. The highest BCUT2D eigenvalue weighted by Crippen LogP contribution is 2.51. The number of benzene rings is 3. The first kappa shape index (κ1) is 22.6. The Morgan fingerprint density at radius 2 is 1.44 bits per heavy atom. The van der Waals surface area contributed by atoms with Crippen molar-refractivity contribution < 1.29 is 13.2 Å². The van der Waals surface area contributed by atoms with Crippen LogP contribution in [0.15, 0.2) is 59.5 Å². The summed E-state index contributed by atoms with van der Waals surface area (Å²) in [5.74, 6) is -0.311. The van der Waals surface area contributed by atoms with Gasteiger partial charge in [0.05, 0.1) is 21.3 Å². The molecule has 32 heavy (non-hydrogen) atoms. The van der Waals surface area contributed by atoms with Gasteiger partial charge < -0.3 is 5.32 Å². The van der Waals surface area contributed by atoms with E-state index in [0.717, 1.165) is 27.8 Å². The highest BCUT2D eigenvalue weighted by atomic mass is 35.5. The highest BCUT2D eigenvalue weighted by Gasteiger charge is 2.35. The molecule has 1 amide bonds. The third-order valence-electron chi connectivity index (χ3n) is 5.54. The minimum Gasteiger partial charge on any atom is -0.322 e. The van der Waals surface area contributed by atoms with Crippen LogP contribution in [0.4, 0.5) is 11.4 Å². The standard InChI is InChI=1S/C24H22Cl2N2O3S/c1-13-10-14(2)23(15(3)11-13)28-32(30,31)18-7-5-17(6-8-18)27-24(29)16-4-9-19-20(12-16)22(26)21(19)25/h4-12,21-22,28H,1-3H3,(H,27,29)/t21-,22-/m0/s1. The summed E-state index contributed by atoms with van der Waals surface area (Å²) in [5.41, 5.74) is 6.09. The lowest BCUT2D eigenvalue weighted by Crippen LogP contribution is -2.19. The topological polar surface area (TPSA) is 75.3 Å². The first-order valence-electron chi connectivity index (χ1n) is 10.0. The van der Waals surface area contributed by atoms with Crippen molar-refractivity contribution >= 4 is 50.5 Å². The number of halogens is 2. The van der Waals surface area contributed by atoms with Crippen molar-refractivity contribution in [2.75, 3.05) is 10.0 Å². The van der Waals surface area contributed by atoms with Gasteiger partial charge in [-0.3, -0.25) is 9.52 Å². The number of anilines is 2. The van der Waals surface area contributed by atoms with Crippen LogP contribution in [-0.2, 0) is 10.0 Å². The molecule has 0 radical (unpaired) electrons. The summed E-state index contributed by atoms with van der Waals surface area (Å²) in [6.07, 6.45) is 0. The van der Waals surface area contributed by atoms with E-state index >= 15 is 0 Å². The molecule has 0 fully saturated rings. The van der Waals surface area contributed by atoms with E-state index in [0.29, 0.717) is 16.9 Å². The lowest BCUT2D eigenvalue weighted by molar-refractivity contribution is 0.102. The van der Waals surface area contributed by atoms with Crippen molar-refractivity contribution in [3.05, 3.63) is 88.0 Å². The molecule has 3 aromatic rings. The van der Waals surface area contributed by atoms with Gasteiger partial charge in [-0.15, -0.1) is 23.2 Å². The molecule has 1 aliphatic rings. The zero-order valence-electron chi connectivity index (χ0n) is 17.7. The molecule has 0 saturated heterocycles. The Balaban J connectivity index is 1.49.